The highest BCUT2D eigenvalue weighted by Crippen LogP contribution is 2.22. The molecular weight excluding hydrogens is 356 g/mol. The quantitative estimate of drug-likeness (QED) is 0.807. The number of para-hydroxylation sites is 1. The van der Waals surface area contributed by atoms with E-state index in [0.29, 0.717) is 31.6 Å². The number of hydrogen-bond donors (Lipinski definition) is 1. The number of nitrogens with zero attached hydrogens (tertiary/aromatic N) is 2. The van der Waals surface area contributed by atoms with E-state index in [2.05, 4.69) is 0 Å². The highest BCUT2D eigenvalue weighted by atomic mass is 16.5. The minimum atomic E-state index is -0.773. The van der Waals surface area contributed by atoms with Crippen LogP contribution in [0.3, 0.4) is 0 Å². The van der Waals surface area contributed by atoms with Gasteiger partial charge in [-0.25, -0.2) is 9.59 Å². The van der Waals surface area contributed by atoms with Crippen molar-refractivity contribution in [1.82, 2.24) is 4.90 Å². The Morgan fingerprint density at radius 2 is 1.64 bits per heavy atom. The smallest absolute Gasteiger partial charge is 0.329 e. The van der Waals surface area contributed by atoms with Crippen LogP contribution in [0.2, 0.25) is 0 Å². The third-order valence-corrected chi connectivity index (χ3v) is 4.93. The van der Waals surface area contributed by atoms with E-state index >= 15 is 0 Å². The van der Waals surface area contributed by atoms with Crippen molar-refractivity contribution in [2.75, 3.05) is 18.0 Å². The second-order valence-corrected chi connectivity index (χ2v) is 6.98. The molecule has 3 rings (SSSR count). The van der Waals surface area contributed by atoms with Crippen LogP contribution in [-0.2, 0) is 16.1 Å². The molecule has 2 aromatic carbocycles. The zero-order chi connectivity index (χ0) is 19.9. The van der Waals surface area contributed by atoms with Crippen LogP contribution in [0.15, 0.2) is 60.7 Å². The largest absolute Gasteiger partial charge is 0.459 e. The number of rotatable bonds is 5. The maximum Gasteiger partial charge on any atom is 0.329 e. The summed E-state index contributed by atoms with van der Waals surface area (Å²) in [6.07, 6.45) is 0.713. The predicted octanol–water partition coefficient (Wildman–Crippen LogP) is 3.20. The summed E-state index contributed by atoms with van der Waals surface area (Å²) >= 11 is 0. The van der Waals surface area contributed by atoms with Gasteiger partial charge in [-0.3, -0.25) is 4.90 Å². The summed E-state index contributed by atoms with van der Waals surface area (Å²) < 4.78 is 5.46. The lowest BCUT2D eigenvalue weighted by atomic mass is 10.1. The van der Waals surface area contributed by atoms with Crippen molar-refractivity contribution in [1.29, 1.82) is 0 Å². The number of aliphatic hydroxyl groups is 1. The summed E-state index contributed by atoms with van der Waals surface area (Å²) in [6, 6.07) is 17.6. The van der Waals surface area contributed by atoms with Gasteiger partial charge in [-0.15, -0.1) is 0 Å². The lowest BCUT2D eigenvalue weighted by Crippen LogP contribution is -2.53. The molecule has 1 saturated heterocycles. The molecule has 0 saturated carbocycles. The average Bonchev–Trinajstić information content (AvgIpc) is 2.74. The van der Waals surface area contributed by atoms with Crippen LogP contribution in [0.5, 0.6) is 0 Å². The number of amides is 2. The third-order valence-electron chi connectivity index (χ3n) is 4.93. The lowest BCUT2D eigenvalue weighted by molar-refractivity contribution is -0.146. The molecule has 0 aliphatic carbocycles. The van der Waals surface area contributed by atoms with Crippen molar-refractivity contribution in [2.45, 2.75) is 38.5 Å². The molecule has 2 aromatic rings. The Kier molecular flexibility index (Phi) is 6.66. The van der Waals surface area contributed by atoms with Crippen LogP contribution in [0.1, 0.15) is 25.3 Å². The van der Waals surface area contributed by atoms with Crippen LogP contribution >= 0.6 is 0 Å². The van der Waals surface area contributed by atoms with Gasteiger partial charge in [0.05, 0.1) is 6.10 Å². The second-order valence-electron chi connectivity index (χ2n) is 6.98. The van der Waals surface area contributed by atoms with E-state index in [1.54, 1.807) is 24.0 Å². The van der Waals surface area contributed by atoms with E-state index < -0.39 is 12.0 Å². The minimum absolute atomic E-state index is 0.163. The molecule has 2 amide bonds. The second kappa shape index (κ2) is 9.37. The van der Waals surface area contributed by atoms with Gasteiger partial charge in [-0.2, -0.15) is 0 Å². The Balaban J connectivity index is 1.74. The summed E-state index contributed by atoms with van der Waals surface area (Å²) in [5.41, 5.74) is 1.54. The Labute approximate surface area is 165 Å². The first-order valence-electron chi connectivity index (χ1n) is 9.58. The highest BCUT2D eigenvalue weighted by Gasteiger charge is 2.33. The van der Waals surface area contributed by atoms with E-state index in [0.717, 1.165) is 5.56 Å². The van der Waals surface area contributed by atoms with E-state index in [9.17, 15) is 14.7 Å². The summed E-state index contributed by atoms with van der Waals surface area (Å²) in [6.45, 7) is 2.78. The SMILES string of the molecule is C[C@@H](C(=O)OCc1ccccc1)N(C(=O)N1CCC(O)CC1)c1ccccc1. The fourth-order valence-electron chi connectivity index (χ4n) is 3.25. The Hall–Kier alpha value is -2.86. The number of esters is 1. The first kappa shape index (κ1) is 19.9. The monoisotopic (exact) mass is 382 g/mol. The van der Waals surface area contributed by atoms with Gasteiger partial charge in [0.15, 0.2) is 0 Å². The van der Waals surface area contributed by atoms with E-state index in [4.69, 9.17) is 4.74 Å². The molecule has 1 atom stereocenters. The van der Waals surface area contributed by atoms with Crippen LogP contribution in [-0.4, -0.2) is 47.2 Å². The normalized spacial score (nSPS) is 15.7. The molecule has 1 aliphatic rings. The summed E-state index contributed by atoms with van der Waals surface area (Å²) in [4.78, 5) is 29.0. The van der Waals surface area contributed by atoms with Crippen LogP contribution in [0.25, 0.3) is 0 Å². The Morgan fingerprint density at radius 1 is 1.07 bits per heavy atom. The van der Waals surface area contributed by atoms with Crippen molar-refractivity contribution in [3.05, 3.63) is 66.2 Å². The van der Waals surface area contributed by atoms with Gasteiger partial charge in [0.1, 0.15) is 12.6 Å². The standard InChI is InChI=1S/C22H26N2O4/c1-17(21(26)28-16-18-8-4-2-5-9-18)24(19-10-6-3-7-11-19)22(27)23-14-12-20(25)13-15-23/h2-11,17,20,25H,12-16H2,1H3/t17-/m0/s1. The number of anilines is 1. The van der Waals surface area contributed by atoms with Gasteiger partial charge in [-0.05, 0) is 37.5 Å². The first-order valence-corrected chi connectivity index (χ1v) is 9.58. The van der Waals surface area contributed by atoms with E-state index in [1.165, 1.54) is 4.90 Å². The number of benzene rings is 2. The molecule has 148 valence electrons. The number of aliphatic hydroxyl groups excluding tert-OH is 1. The molecule has 0 spiro atoms. The molecule has 0 aromatic heterocycles. The average molecular weight is 382 g/mol. The number of ether oxygens (including phenoxy) is 1. The molecule has 0 radical (unpaired) electrons. The first-order chi connectivity index (χ1) is 13.6. The number of hydrogen-bond acceptors (Lipinski definition) is 4. The Bertz CT molecular complexity index is 774. The van der Waals surface area contributed by atoms with Crippen LogP contribution < -0.4 is 4.90 Å². The van der Waals surface area contributed by atoms with Crippen molar-refractivity contribution >= 4 is 17.7 Å². The van der Waals surface area contributed by atoms with Gasteiger partial charge in [0.25, 0.3) is 0 Å². The van der Waals surface area contributed by atoms with Gasteiger partial charge in [0.2, 0.25) is 0 Å². The topological polar surface area (TPSA) is 70.1 Å². The summed E-state index contributed by atoms with van der Waals surface area (Å²) in [5.74, 6) is -0.460. The van der Waals surface area contributed by atoms with Crippen molar-refractivity contribution in [3.8, 4) is 0 Å². The molecule has 1 aliphatic heterocycles. The van der Waals surface area contributed by atoms with Crippen LogP contribution in [0, 0.1) is 0 Å². The number of carbonyl (C=O) groups excluding carboxylic acids is 2. The number of piperidine rings is 1. The number of urea groups is 1. The molecule has 0 unspecified atom stereocenters. The molecule has 28 heavy (non-hydrogen) atoms. The van der Waals surface area contributed by atoms with Gasteiger partial charge in [0, 0.05) is 18.8 Å². The fourth-order valence-corrected chi connectivity index (χ4v) is 3.25. The Morgan fingerprint density at radius 3 is 2.25 bits per heavy atom. The van der Waals surface area contributed by atoms with Gasteiger partial charge >= 0.3 is 12.0 Å². The molecule has 6 nitrogen and oxygen atoms in total. The molecule has 0 bridgehead atoms. The maximum atomic E-state index is 13.2. The van der Waals surface area contributed by atoms with Crippen LogP contribution in [0.4, 0.5) is 10.5 Å². The van der Waals surface area contributed by atoms with Crippen molar-refractivity contribution in [3.63, 3.8) is 0 Å². The van der Waals surface area contributed by atoms with Crippen molar-refractivity contribution in [2.24, 2.45) is 0 Å². The zero-order valence-electron chi connectivity index (χ0n) is 16.0. The predicted molar refractivity (Wildman–Crippen MR) is 107 cm³/mol. The lowest BCUT2D eigenvalue weighted by Gasteiger charge is -2.36. The molecule has 1 N–H and O–H groups in total. The maximum absolute atomic E-state index is 13.2. The molecule has 1 fully saturated rings. The van der Waals surface area contributed by atoms with E-state index in [-0.39, 0.29) is 18.7 Å². The van der Waals surface area contributed by atoms with Gasteiger partial charge in [-0.1, -0.05) is 48.5 Å². The minimum Gasteiger partial charge on any atom is -0.459 e. The number of likely N-dealkylation sites (tertiary alicyclic amines) is 1. The highest BCUT2D eigenvalue weighted by molar-refractivity contribution is 5.98. The number of carbonyl (C=O) groups is 2. The van der Waals surface area contributed by atoms with Gasteiger partial charge < -0.3 is 14.7 Å². The summed E-state index contributed by atoms with van der Waals surface area (Å²) in [7, 11) is 0. The van der Waals surface area contributed by atoms with Crippen molar-refractivity contribution < 1.29 is 19.4 Å². The molecule has 1 heterocycles. The third kappa shape index (κ3) is 4.89. The summed E-state index contributed by atoms with van der Waals surface area (Å²) in [5, 5.41) is 9.71. The zero-order valence-corrected chi connectivity index (χ0v) is 16.0. The fraction of sp³-hybridized carbons (Fsp3) is 0.364. The van der Waals surface area contributed by atoms with E-state index in [1.807, 2.05) is 48.5 Å². The molecule has 6 heteroatoms. The molecular formula is C22H26N2O4.